The number of carboxylic acids is 1. The minimum atomic E-state index is -0.949. The number of benzene rings is 3. The number of carbonyl (C=O) groups excluding carboxylic acids is 1. The van der Waals surface area contributed by atoms with Gasteiger partial charge in [-0.25, -0.2) is 4.98 Å². The molecule has 4 rings (SSSR count). The van der Waals surface area contributed by atoms with E-state index in [0.29, 0.717) is 22.2 Å². The molecule has 2 N–H and O–H groups in total. The maximum absolute atomic E-state index is 12.3. The second-order valence-electron chi connectivity index (χ2n) is 9.26. The Morgan fingerprint density at radius 3 is 2.46 bits per heavy atom. The van der Waals surface area contributed by atoms with Crippen LogP contribution in [0.2, 0.25) is 10.0 Å². The first-order valence-corrected chi connectivity index (χ1v) is 14.1. The molecule has 1 aromatic heterocycles. The van der Waals surface area contributed by atoms with Crippen LogP contribution in [0.3, 0.4) is 0 Å². The first-order chi connectivity index (χ1) is 18.7. The summed E-state index contributed by atoms with van der Waals surface area (Å²) in [7, 11) is 0. The van der Waals surface area contributed by atoms with E-state index in [1.54, 1.807) is 23.5 Å². The molecule has 0 aliphatic heterocycles. The summed E-state index contributed by atoms with van der Waals surface area (Å²) in [4.78, 5) is 31.4. The fraction of sp³-hybridized carbons (Fsp3) is 0.233. The molecule has 0 saturated heterocycles. The third kappa shape index (κ3) is 7.82. The third-order valence-electron chi connectivity index (χ3n) is 6.27. The van der Waals surface area contributed by atoms with Crippen LogP contribution < -0.4 is 10.2 Å². The van der Waals surface area contributed by atoms with E-state index in [1.165, 1.54) is 0 Å². The molecule has 3 aromatic carbocycles. The van der Waals surface area contributed by atoms with E-state index < -0.39 is 5.97 Å². The quantitative estimate of drug-likeness (QED) is 0.196. The lowest BCUT2D eigenvalue weighted by Gasteiger charge is -2.22. The molecule has 0 bridgehead atoms. The minimum absolute atomic E-state index is 0.0884. The van der Waals surface area contributed by atoms with E-state index >= 15 is 0 Å². The van der Waals surface area contributed by atoms with Crippen LogP contribution in [0, 0.1) is 13.8 Å². The minimum Gasteiger partial charge on any atom is -0.481 e. The van der Waals surface area contributed by atoms with Gasteiger partial charge < -0.3 is 15.3 Å². The average Bonchev–Trinajstić information content (AvgIpc) is 3.29. The van der Waals surface area contributed by atoms with Crippen molar-refractivity contribution in [3.63, 3.8) is 0 Å². The van der Waals surface area contributed by atoms with Gasteiger partial charge in [0.15, 0.2) is 5.13 Å². The molecule has 0 saturated carbocycles. The molecule has 1 heterocycles. The molecule has 9 heteroatoms. The first-order valence-electron chi connectivity index (χ1n) is 12.5. The zero-order valence-corrected chi connectivity index (χ0v) is 24.0. The monoisotopic (exact) mass is 581 g/mol. The maximum atomic E-state index is 12.3. The fourth-order valence-electron chi connectivity index (χ4n) is 4.09. The van der Waals surface area contributed by atoms with Gasteiger partial charge in [0.1, 0.15) is 0 Å². The lowest BCUT2D eigenvalue weighted by molar-refractivity contribution is -0.136. The lowest BCUT2D eigenvalue weighted by atomic mass is 10.1. The predicted molar refractivity (Wildman–Crippen MR) is 159 cm³/mol. The van der Waals surface area contributed by atoms with Gasteiger partial charge in [0.05, 0.1) is 12.1 Å². The largest absolute Gasteiger partial charge is 0.481 e. The highest BCUT2D eigenvalue weighted by atomic mass is 35.5. The number of nitrogens with zero attached hydrogens (tertiary/aromatic N) is 2. The number of aliphatic carboxylic acids is 1. The smallest absolute Gasteiger partial charge is 0.305 e. The number of carboxylic acid groups (broad SMARTS) is 1. The molecule has 0 fully saturated rings. The number of aromatic nitrogens is 1. The van der Waals surface area contributed by atoms with E-state index in [1.807, 2.05) is 55.5 Å². The highest BCUT2D eigenvalue weighted by molar-refractivity contribution is 7.16. The van der Waals surface area contributed by atoms with Gasteiger partial charge in [-0.2, -0.15) is 0 Å². The van der Waals surface area contributed by atoms with Crippen molar-refractivity contribution in [3.8, 4) is 11.3 Å². The molecule has 0 spiro atoms. The molecule has 0 unspecified atom stereocenters. The van der Waals surface area contributed by atoms with Crippen molar-refractivity contribution in [1.82, 2.24) is 10.3 Å². The van der Waals surface area contributed by atoms with Crippen LogP contribution in [-0.2, 0) is 17.8 Å². The van der Waals surface area contributed by atoms with Gasteiger partial charge in [-0.1, -0.05) is 59.6 Å². The number of thiazole rings is 1. The molecule has 0 atom stereocenters. The van der Waals surface area contributed by atoms with Crippen LogP contribution in [0.1, 0.15) is 38.3 Å². The van der Waals surface area contributed by atoms with Gasteiger partial charge in [-0.3, -0.25) is 9.59 Å². The van der Waals surface area contributed by atoms with Crippen LogP contribution in [0.25, 0.3) is 11.3 Å². The van der Waals surface area contributed by atoms with E-state index in [-0.39, 0.29) is 18.9 Å². The van der Waals surface area contributed by atoms with Gasteiger partial charge >= 0.3 is 5.97 Å². The number of rotatable bonds is 11. The zero-order chi connectivity index (χ0) is 27.9. The van der Waals surface area contributed by atoms with Crippen molar-refractivity contribution in [1.29, 1.82) is 0 Å². The second kappa shape index (κ2) is 13.1. The predicted octanol–water partition coefficient (Wildman–Crippen LogP) is 7.19. The third-order valence-corrected chi connectivity index (χ3v) is 7.95. The standard InChI is InChI=1S/C30H29Cl2N3O3S/c1-19-6-9-24(17-26(19)32)28-20(2)39-30(34-28)35(15-13-21-4-3-5-25(31)16-21)18-22-7-10-23(11-8-22)29(38)33-14-12-27(36)37/h3-11,16-17H,12-15,18H2,1-2H3,(H,33,38)(H,36,37). The van der Waals surface area contributed by atoms with E-state index in [4.69, 9.17) is 33.3 Å². The van der Waals surface area contributed by atoms with Crippen molar-refractivity contribution >= 4 is 51.5 Å². The van der Waals surface area contributed by atoms with E-state index in [2.05, 4.69) is 23.2 Å². The summed E-state index contributed by atoms with van der Waals surface area (Å²) in [5, 5.41) is 13.7. The number of carbonyl (C=O) groups is 2. The number of hydrogen-bond donors (Lipinski definition) is 2. The van der Waals surface area contributed by atoms with Gasteiger partial charge in [0, 0.05) is 45.7 Å². The van der Waals surface area contributed by atoms with Gasteiger partial charge in [0.2, 0.25) is 0 Å². The lowest BCUT2D eigenvalue weighted by Crippen LogP contribution is -2.26. The Kier molecular flexibility index (Phi) is 9.62. The van der Waals surface area contributed by atoms with Gasteiger partial charge in [-0.05, 0) is 67.3 Å². The van der Waals surface area contributed by atoms with Crippen LogP contribution >= 0.6 is 34.5 Å². The Morgan fingerprint density at radius 1 is 1.00 bits per heavy atom. The summed E-state index contributed by atoms with van der Waals surface area (Å²) in [6, 6.07) is 21.2. The SMILES string of the molecule is Cc1ccc(-c2nc(N(CCc3cccc(Cl)c3)Cc3ccc(C(=O)NCCC(=O)O)cc3)sc2C)cc1Cl. The number of halogens is 2. The Balaban J connectivity index is 1.55. The molecule has 6 nitrogen and oxygen atoms in total. The van der Waals surface area contributed by atoms with Crippen LogP contribution in [0.15, 0.2) is 66.7 Å². The number of aryl methyl sites for hydroxylation is 2. The Bertz CT molecular complexity index is 1470. The van der Waals surface area contributed by atoms with Crippen molar-refractivity contribution in [3.05, 3.63) is 104 Å². The van der Waals surface area contributed by atoms with Crippen LogP contribution in [0.5, 0.6) is 0 Å². The molecule has 0 aliphatic carbocycles. The molecule has 0 aliphatic rings. The first kappa shape index (κ1) is 28.6. The number of anilines is 1. The molecule has 202 valence electrons. The zero-order valence-electron chi connectivity index (χ0n) is 21.7. The van der Waals surface area contributed by atoms with Crippen molar-refractivity contribution < 1.29 is 14.7 Å². The normalized spacial score (nSPS) is 10.9. The molecule has 1 amide bonds. The average molecular weight is 583 g/mol. The highest BCUT2D eigenvalue weighted by Gasteiger charge is 2.17. The topological polar surface area (TPSA) is 82.5 Å². The Hall–Kier alpha value is -3.39. The summed E-state index contributed by atoms with van der Waals surface area (Å²) in [6.45, 7) is 5.46. The molecule has 4 aromatic rings. The van der Waals surface area contributed by atoms with Crippen molar-refractivity contribution in [2.75, 3.05) is 18.0 Å². The number of hydrogen-bond acceptors (Lipinski definition) is 5. The fourth-order valence-corrected chi connectivity index (χ4v) is 5.44. The van der Waals surface area contributed by atoms with Gasteiger partial charge in [-0.15, -0.1) is 11.3 Å². The summed E-state index contributed by atoms with van der Waals surface area (Å²) < 4.78 is 0. The molecular weight excluding hydrogens is 553 g/mol. The summed E-state index contributed by atoms with van der Waals surface area (Å²) in [5.74, 6) is -1.24. The summed E-state index contributed by atoms with van der Waals surface area (Å²) in [5.41, 5.74) is 5.57. The highest BCUT2D eigenvalue weighted by Crippen LogP contribution is 2.35. The van der Waals surface area contributed by atoms with E-state index in [0.717, 1.165) is 50.9 Å². The molecular formula is C30H29Cl2N3O3S. The Labute approximate surface area is 242 Å². The van der Waals surface area contributed by atoms with Crippen LogP contribution in [-0.4, -0.2) is 35.1 Å². The molecule has 39 heavy (non-hydrogen) atoms. The summed E-state index contributed by atoms with van der Waals surface area (Å²) in [6.07, 6.45) is 0.671. The Morgan fingerprint density at radius 2 is 1.77 bits per heavy atom. The maximum Gasteiger partial charge on any atom is 0.305 e. The number of amides is 1. The van der Waals surface area contributed by atoms with Crippen molar-refractivity contribution in [2.45, 2.75) is 33.2 Å². The van der Waals surface area contributed by atoms with Crippen molar-refractivity contribution in [2.24, 2.45) is 0 Å². The van der Waals surface area contributed by atoms with Crippen LogP contribution in [0.4, 0.5) is 5.13 Å². The molecule has 0 radical (unpaired) electrons. The summed E-state index contributed by atoms with van der Waals surface area (Å²) >= 11 is 14.3. The van der Waals surface area contributed by atoms with Gasteiger partial charge in [0.25, 0.3) is 5.91 Å². The number of nitrogens with one attached hydrogen (secondary N) is 1. The second-order valence-corrected chi connectivity index (χ2v) is 11.3. The van der Waals surface area contributed by atoms with E-state index in [9.17, 15) is 9.59 Å².